The highest BCUT2D eigenvalue weighted by molar-refractivity contribution is 6.01. The van der Waals surface area contributed by atoms with E-state index < -0.39 is 5.41 Å². The number of carbonyl (C=O) groups is 1. The number of aromatic nitrogens is 1. The Morgan fingerprint density at radius 3 is 2.54 bits per heavy atom. The predicted octanol–water partition coefficient (Wildman–Crippen LogP) is 4.41. The minimum Gasteiger partial charge on any atom is -0.494 e. The molecular weight excluding hydrogens is 328 g/mol. The lowest BCUT2D eigenvalue weighted by Gasteiger charge is -2.13. The maximum Gasteiger partial charge on any atom is 0.236 e. The van der Waals surface area contributed by atoms with Crippen LogP contribution in [0.5, 0.6) is 5.75 Å². The zero-order valence-corrected chi connectivity index (χ0v) is 14.6. The van der Waals surface area contributed by atoms with E-state index in [-0.39, 0.29) is 5.91 Å². The highest BCUT2D eigenvalue weighted by atomic mass is 16.5. The monoisotopic (exact) mass is 348 g/mol. The molecule has 1 aliphatic carbocycles. The van der Waals surface area contributed by atoms with Crippen LogP contribution < -0.4 is 10.1 Å². The van der Waals surface area contributed by atoms with E-state index in [0.29, 0.717) is 18.1 Å². The van der Waals surface area contributed by atoms with Crippen molar-refractivity contribution in [1.82, 2.24) is 5.16 Å². The Kier molecular flexibility index (Phi) is 4.21. The quantitative estimate of drug-likeness (QED) is 0.716. The fraction of sp³-hybridized carbons (Fsp3) is 0.238. The van der Waals surface area contributed by atoms with Gasteiger partial charge in [0.1, 0.15) is 5.75 Å². The third kappa shape index (κ3) is 3.08. The maximum absolute atomic E-state index is 12.8. The molecule has 0 atom stereocenters. The van der Waals surface area contributed by atoms with Crippen LogP contribution in [0, 0.1) is 0 Å². The predicted molar refractivity (Wildman–Crippen MR) is 99.1 cm³/mol. The number of hydrogen-bond acceptors (Lipinski definition) is 4. The van der Waals surface area contributed by atoms with Gasteiger partial charge in [0, 0.05) is 17.3 Å². The number of anilines is 1. The van der Waals surface area contributed by atoms with Crippen LogP contribution in [0.2, 0.25) is 0 Å². The van der Waals surface area contributed by atoms with E-state index in [9.17, 15) is 4.79 Å². The minimum absolute atomic E-state index is 0.0467. The normalized spacial score (nSPS) is 14.7. The van der Waals surface area contributed by atoms with Crippen molar-refractivity contribution >= 4 is 11.6 Å². The minimum atomic E-state index is -0.588. The van der Waals surface area contributed by atoms with E-state index in [2.05, 4.69) is 10.5 Å². The van der Waals surface area contributed by atoms with Gasteiger partial charge in [-0.15, -0.1) is 0 Å². The van der Waals surface area contributed by atoms with Crippen LogP contribution >= 0.6 is 0 Å². The molecule has 0 aliphatic heterocycles. The highest BCUT2D eigenvalue weighted by Gasteiger charge is 2.53. The lowest BCUT2D eigenvalue weighted by Crippen LogP contribution is -2.28. The summed E-state index contributed by atoms with van der Waals surface area (Å²) in [5, 5.41) is 7.16. The molecule has 1 fully saturated rings. The average Bonchev–Trinajstić information content (AvgIpc) is 3.34. The Hall–Kier alpha value is -3.08. The second-order valence-corrected chi connectivity index (χ2v) is 6.44. The van der Waals surface area contributed by atoms with Crippen molar-refractivity contribution < 1.29 is 14.1 Å². The number of rotatable bonds is 6. The molecule has 26 heavy (non-hydrogen) atoms. The van der Waals surface area contributed by atoms with Gasteiger partial charge in [-0.2, -0.15) is 0 Å². The summed E-state index contributed by atoms with van der Waals surface area (Å²) in [7, 11) is 0. The zero-order chi connectivity index (χ0) is 18.0. The first kappa shape index (κ1) is 16.4. The van der Waals surface area contributed by atoms with Crippen molar-refractivity contribution in [3.8, 4) is 17.1 Å². The van der Waals surface area contributed by atoms with Gasteiger partial charge in [-0.25, -0.2) is 0 Å². The molecule has 3 aromatic rings. The number of nitrogens with one attached hydrogen (secondary N) is 1. The van der Waals surface area contributed by atoms with Crippen molar-refractivity contribution in [2.24, 2.45) is 0 Å². The Balaban J connectivity index is 1.50. The second-order valence-electron chi connectivity index (χ2n) is 6.44. The first-order valence-electron chi connectivity index (χ1n) is 8.78. The molecule has 132 valence electrons. The van der Waals surface area contributed by atoms with Gasteiger partial charge in [0.15, 0.2) is 5.76 Å². The summed E-state index contributed by atoms with van der Waals surface area (Å²) in [6, 6.07) is 19.0. The molecule has 5 nitrogen and oxygen atoms in total. The first-order chi connectivity index (χ1) is 12.7. The topological polar surface area (TPSA) is 64.4 Å². The fourth-order valence-corrected chi connectivity index (χ4v) is 3.02. The number of hydrogen-bond donors (Lipinski definition) is 1. The second kappa shape index (κ2) is 6.67. The molecule has 0 radical (unpaired) electrons. The van der Waals surface area contributed by atoms with Crippen molar-refractivity contribution in [3.05, 3.63) is 66.4 Å². The maximum atomic E-state index is 12.8. The van der Waals surface area contributed by atoms with Crippen LogP contribution in [0.15, 0.2) is 65.2 Å². The molecule has 1 aliphatic rings. The van der Waals surface area contributed by atoms with Crippen LogP contribution in [0.3, 0.4) is 0 Å². The van der Waals surface area contributed by atoms with E-state index in [4.69, 9.17) is 9.26 Å². The zero-order valence-electron chi connectivity index (χ0n) is 14.6. The Morgan fingerprint density at radius 2 is 1.88 bits per heavy atom. The lowest BCUT2D eigenvalue weighted by atomic mass is 10.00. The van der Waals surface area contributed by atoms with E-state index >= 15 is 0 Å². The highest BCUT2D eigenvalue weighted by Crippen LogP contribution is 2.49. The molecule has 0 spiro atoms. The number of carbonyl (C=O) groups excluding carboxylic acids is 1. The fourth-order valence-electron chi connectivity index (χ4n) is 3.02. The van der Waals surface area contributed by atoms with Crippen LogP contribution in [0.25, 0.3) is 11.3 Å². The van der Waals surface area contributed by atoms with Gasteiger partial charge in [0.25, 0.3) is 0 Å². The number of ether oxygens (including phenoxy) is 1. The summed E-state index contributed by atoms with van der Waals surface area (Å²) < 4.78 is 10.9. The average molecular weight is 348 g/mol. The van der Waals surface area contributed by atoms with Crippen LogP contribution in [-0.4, -0.2) is 17.7 Å². The Morgan fingerprint density at radius 1 is 1.15 bits per heavy atom. The summed E-state index contributed by atoms with van der Waals surface area (Å²) in [5.41, 5.74) is 1.81. The summed E-state index contributed by atoms with van der Waals surface area (Å²) in [6.07, 6.45) is 1.55. The van der Waals surface area contributed by atoms with Crippen molar-refractivity contribution in [2.45, 2.75) is 25.2 Å². The number of benzene rings is 2. The number of nitrogens with zero attached hydrogens (tertiary/aromatic N) is 1. The molecule has 0 unspecified atom stereocenters. The van der Waals surface area contributed by atoms with Gasteiger partial charge in [-0.3, -0.25) is 4.79 Å². The number of amides is 1. The molecule has 1 saturated carbocycles. The Bertz CT molecular complexity index is 897. The summed E-state index contributed by atoms with van der Waals surface area (Å²) in [5.74, 6) is 1.42. The summed E-state index contributed by atoms with van der Waals surface area (Å²) in [6.45, 7) is 2.55. The van der Waals surface area contributed by atoms with Gasteiger partial charge in [-0.05, 0) is 44.0 Å². The lowest BCUT2D eigenvalue weighted by molar-refractivity contribution is -0.118. The third-order valence-electron chi connectivity index (χ3n) is 4.67. The van der Waals surface area contributed by atoms with Gasteiger partial charge < -0.3 is 14.6 Å². The largest absolute Gasteiger partial charge is 0.494 e. The third-order valence-corrected chi connectivity index (χ3v) is 4.67. The van der Waals surface area contributed by atoms with E-state index in [0.717, 1.165) is 29.8 Å². The molecule has 5 heteroatoms. The van der Waals surface area contributed by atoms with Crippen molar-refractivity contribution in [2.75, 3.05) is 11.9 Å². The smallest absolute Gasteiger partial charge is 0.236 e. The SMILES string of the molecule is CCOc1ccc(NC(=O)C2(c3cc(-c4ccccc4)on3)CC2)cc1. The molecular formula is C21H20N2O3. The van der Waals surface area contributed by atoms with E-state index in [1.165, 1.54) is 0 Å². The van der Waals surface area contributed by atoms with Gasteiger partial charge in [0.05, 0.1) is 17.7 Å². The molecule has 0 saturated heterocycles. The molecule has 1 aromatic heterocycles. The standard InChI is InChI=1S/C21H20N2O3/c1-2-25-17-10-8-16(9-11-17)22-20(24)21(12-13-21)19-14-18(26-23-19)15-6-4-3-5-7-15/h3-11,14H,2,12-13H2,1H3,(H,22,24). The first-order valence-corrected chi connectivity index (χ1v) is 8.78. The van der Waals surface area contributed by atoms with Gasteiger partial charge in [-0.1, -0.05) is 35.5 Å². The van der Waals surface area contributed by atoms with Crippen LogP contribution in [0.4, 0.5) is 5.69 Å². The molecule has 1 N–H and O–H groups in total. The van der Waals surface area contributed by atoms with Crippen LogP contribution in [0.1, 0.15) is 25.5 Å². The molecule has 1 heterocycles. The van der Waals surface area contributed by atoms with Crippen molar-refractivity contribution in [1.29, 1.82) is 0 Å². The van der Waals surface area contributed by atoms with Gasteiger partial charge in [0.2, 0.25) is 5.91 Å². The Labute approximate surface area is 152 Å². The molecule has 1 amide bonds. The molecule has 0 bridgehead atoms. The molecule has 2 aromatic carbocycles. The van der Waals surface area contributed by atoms with Crippen LogP contribution in [-0.2, 0) is 10.2 Å². The van der Waals surface area contributed by atoms with E-state index in [1.54, 1.807) is 0 Å². The van der Waals surface area contributed by atoms with Gasteiger partial charge >= 0.3 is 0 Å². The van der Waals surface area contributed by atoms with E-state index in [1.807, 2.05) is 67.6 Å². The summed E-state index contributed by atoms with van der Waals surface area (Å²) >= 11 is 0. The van der Waals surface area contributed by atoms with Crippen molar-refractivity contribution in [3.63, 3.8) is 0 Å². The summed E-state index contributed by atoms with van der Waals surface area (Å²) in [4.78, 5) is 12.8. The molecule has 4 rings (SSSR count).